The Balaban J connectivity index is 2.38. The van der Waals surface area contributed by atoms with Crippen LogP contribution in [0.4, 0.5) is 14.5 Å². The van der Waals surface area contributed by atoms with Crippen LogP contribution < -0.4 is 5.32 Å². The molecule has 0 atom stereocenters. The van der Waals surface area contributed by atoms with E-state index in [1.807, 2.05) is 0 Å². The highest BCUT2D eigenvalue weighted by molar-refractivity contribution is 9.10. The van der Waals surface area contributed by atoms with Gasteiger partial charge in [-0.25, -0.2) is 8.78 Å². The van der Waals surface area contributed by atoms with Gasteiger partial charge in [0, 0.05) is 4.47 Å². The van der Waals surface area contributed by atoms with Gasteiger partial charge in [0.05, 0.1) is 15.6 Å². The second-order valence-electron chi connectivity index (χ2n) is 3.80. The Hall–Kier alpha value is -1.17. The molecule has 0 aromatic heterocycles. The number of rotatable bonds is 2. The summed E-state index contributed by atoms with van der Waals surface area (Å²) < 4.78 is 27.5. The maximum absolute atomic E-state index is 13.6. The molecule has 1 amide bonds. The van der Waals surface area contributed by atoms with Gasteiger partial charge in [0.2, 0.25) is 0 Å². The highest BCUT2D eigenvalue weighted by Crippen LogP contribution is 2.28. The molecule has 1 N–H and O–H groups in total. The summed E-state index contributed by atoms with van der Waals surface area (Å²) in [7, 11) is 0. The number of carbonyl (C=O) groups excluding carboxylic acids is 1. The van der Waals surface area contributed by atoms with E-state index in [0.717, 1.165) is 12.1 Å². The van der Waals surface area contributed by atoms with Gasteiger partial charge in [-0.05, 0) is 24.3 Å². The van der Waals surface area contributed by atoms with Gasteiger partial charge in [0.1, 0.15) is 5.69 Å². The summed E-state index contributed by atoms with van der Waals surface area (Å²) in [6, 6.07) is 6.54. The molecule has 0 saturated heterocycles. The maximum Gasteiger partial charge on any atom is 0.258 e. The van der Waals surface area contributed by atoms with Crippen LogP contribution in [0, 0.1) is 11.6 Å². The zero-order valence-electron chi connectivity index (χ0n) is 9.68. The normalized spacial score (nSPS) is 10.4. The van der Waals surface area contributed by atoms with E-state index >= 15 is 0 Å². The lowest BCUT2D eigenvalue weighted by atomic mass is 10.2. The lowest BCUT2D eigenvalue weighted by Gasteiger charge is -2.10. The van der Waals surface area contributed by atoms with Gasteiger partial charge >= 0.3 is 0 Å². The molecule has 2 aromatic carbocycles. The average Bonchev–Trinajstić information content (AvgIpc) is 2.33. The molecular formula is C13H6BrCl2F2NO. The van der Waals surface area contributed by atoms with E-state index in [0.29, 0.717) is 0 Å². The Morgan fingerprint density at radius 2 is 1.60 bits per heavy atom. The summed E-state index contributed by atoms with van der Waals surface area (Å²) in [5.41, 5.74) is -0.605. The molecule has 7 heteroatoms. The van der Waals surface area contributed by atoms with E-state index in [2.05, 4.69) is 21.2 Å². The van der Waals surface area contributed by atoms with Crippen LogP contribution in [0.2, 0.25) is 10.0 Å². The van der Waals surface area contributed by atoms with E-state index in [9.17, 15) is 13.6 Å². The monoisotopic (exact) mass is 379 g/mol. The molecule has 0 aliphatic heterocycles. The summed E-state index contributed by atoms with van der Waals surface area (Å²) in [6.07, 6.45) is 0. The quantitative estimate of drug-likeness (QED) is 0.753. The Morgan fingerprint density at radius 1 is 1.10 bits per heavy atom. The van der Waals surface area contributed by atoms with Crippen LogP contribution in [0.15, 0.2) is 34.8 Å². The zero-order chi connectivity index (χ0) is 14.9. The molecule has 2 nitrogen and oxygen atoms in total. The summed E-state index contributed by atoms with van der Waals surface area (Å²) in [5, 5.41) is 2.31. The van der Waals surface area contributed by atoms with Crippen LogP contribution in [0.1, 0.15) is 10.4 Å². The third-order valence-electron chi connectivity index (χ3n) is 2.44. The van der Waals surface area contributed by atoms with E-state index in [1.165, 1.54) is 12.1 Å². The Labute approximate surface area is 131 Å². The number of hydrogen-bond donors (Lipinski definition) is 1. The minimum atomic E-state index is -0.909. The molecule has 0 fully saturated rings. The largest absolute Gasteiger partial charge is 0.317 e. The third kappa shape index (κ3) is 3.11. The second-order valence-corrected chi connectivity index (χ2v) is 5.53. The average molecular weight is 381 g/mol. The van der Waals surface area contributed by atoms with Crippen molar-refractivity contribution >= 4 is 50.7 Å². The van der Waals surface area contributed by atoms with Gasteiger partial charge in [-0.3, -0.25) is 4.79 Å². The minimum absolute atomic E-state index is 0.0439. The van der Waals surface area contributed by atoms with Crippen molar-refractivity contribution in [3.05, 3.63) is 62.0 Å². The number of nitrogens with one attached hydrogen (secondary N) is 1. The van der Waals surface area contributed by atoms with E-state index < -0.39 is 23.2 Å². The van der Waals surface area contributed by atoms with Gasteiger partial charge < -0.3 is 5.32 Å². The van der Waals surface area contributed by atoms with Gasteiger partial charge in [-0.15, -0.1) is 0 Å². The summed E-state index contributed by atoms with van der Waals surface area (Å²) >= 11 is 14.7. The first-order valence-corrected chi connectivity index (χ1v) is 6.85. The molecule has 0 aliphatic carbocycles. The standard InChI is InChI=1S/C13H6BrCl2F2NO/c14-6-4-9(17)12(10(18)5-6)19-13(20)11-7(15)2-1-3-8(11)16/h1-5H,(H,19,20). The van der Waals surface area contributed by atoms with Crippen LogP contribution in [-0.4, -0.2) is 5.91 Å². The van der Waals surface area contributed by atoms with Crippen molar-refractivity contribution in [1.29, 1.82) is 0 Å². The number of carbonyl (C=O) groups is 1. The number of hydrogen-bond acceptors (Lipinski definition) is 1. The fraction of sp³-hybridized carbons (Fsp3) is 0. The van der Waals surface area contributed by atoms with E-state index in [1.54, 1.807) is 6.07 Å². The molecule has 0 unspecified atom stereocenters. The van der Waals surface area contributed by atoms with Crippen LogP contribution in [0.5, 0.6) is 0 Å². The van der Waals surface area contributed by atoms with Gasteiger partial charge in [0.25, 0.3) is 5.91 Å². The Bertz CT molecular complexity index is 651. The molecule has 20 heavy (non-hydrogen) atoms. The summed E-state index contributed by atoms with van der Waals surface area (Å²) in [4.78, 5) is 12.0. The first-order chi connectivity index (χ1) is 9.40. The van der Waals surface area contributed by atoms with E-state index in [-0.39, 0.29) is 20.1 Å². The Kier molecular flexibility index (Phi) is 4.62. The first kappa shape index (κ1) is 15.2. The van der Waals surface area contributed by atoms with Crippen LogP contribution in [0.3, 0.4) is 0 Å². The number of amides is 1. The highest BCUT2D eigenvalue weighted by Gasteiger charge is 2.18. The molecular weight excluding hydrogens is 375 g/mol. The van der Waals surface area contributed by atoms with Gasteiger partial charge in [-0.1, -0.05) is 45.2 Å². The molecule has 0 heterocycles. The SMILES string of the molecule is O=C(Nc1c(F)cc(Br)cc1F)c1c(Cl)cccc1Cl. The highest BCUT2D eigenvalue weighted by atomic mass is 79.9. The molecule has 0 spiro atoms. The molecule has 2 aromatic rings. The topological polar surface area (TPSA) is 29.1 Å². The van der Waals surface area contributed by atoms with Crippen molar-refractivity contribution in [3.63, 3.8) is 0 Å². The maximum atomic E-state index is 13.6. The summed E-state index contributed by atoms with van der Waals surface area (Å²) in [5.74, 6) is -2.61. The fourth-order valence-corrected chi connectivity index (χ4v) is 2.52. The zero-order valence-corrected chi connectivity index (χ0v) is 12.8. The molecule has 0 aliphatic rings. The third-order valence-corrected chi connectivity index (χ3v) is 3.52. The molecule has 0 bridgehead atoms. The van der Waals surface area contributed by atoms with Crippen molar-refractivity contribution in [2.45, 2.75) is 0 Å². The van der Waals surface area contributed by atoms with Crippen molar-refractivity contribution in [3.8, 4) is 0 Å². The van der Waals surface area contributed by atoms with Crippen molar-refractivity contribution in [2.75, 3.05) is 5.32 Å². The van der Waals surface area contributed by atoms with Crippen LogP contribution in [-0.2, 0) is 0 Å². The number of halogens is 5. The molecule has 104 valence electrons. The molecule has 2 rings (SSSR count). The van der Waals surface area contributed by atoms with Crippen LogP contribution in [0.25, 0.3) is 0 Å². The van der Waals surface area contributed by atoms with Gasteiger partial charge in [-0.2, -0.15) is 0 Å². The van der Waals surface area contributed by atoms with Crippen molar-refractivity contribution in [2.24, 2.45) is 0 Å². The minimum Gasteiger partial charge on any atom is -0.317 e. The summed E-state index contributed by atoms with van der Waals surface area (Å²) in [6.45, 7) is 0. The van der Waals surface area contributed by atoms with Crippen LogP contribution >= 0.6 is 39.1 Å². The van der Waals surface area contributed by atoms with Gasteiger partial charge in [0.15, 0.2) is 11.6 Å². The fourth-order valence-electron chi connectivity index (χ4n) is 1.55. The number of anilines is 1. The lowest BCUT2D eigenvalue weighted by molar-refractivity contribution is 0.102. The molecule has 0 radical (unpaired) electrons. The second kappa shape index (κ2) is 6.08. The number of benzene rings is 2. The van der Waals surface area contributed by atoms with Crippen molar-refractivity contribution in [1.82, 2.24) is 0 Å². The van der Waals surface area contributed by atoms with Crippen molar-refractivity contribution < 1.29 is 13.6 Å². The first-order valence-electron chi connectivity index (χ1n) is 5.30. The smallest absolute Gasteiger partial charge is 0.258 e. The predicted octanol–water partition coefficient (Wildman–Crippen LogP) is 5.29. The Morgan fingerprint density at radius 3 is 2.10 bits per heavy atom. The molecule has 0 saturated carbocycles. The van der Waals surface area contributed by atoms with E-state index in [4.69, 9.17) is 23.2 Å². The predicted molar refractivity (Wildman–Crippen MR) is 78.5 cm³/mol. The lowest BCUT2D eigenvalue weighted by Crippen LogP contribution is -2.15.